The van der Waals surface area contributed by atoms with Gasteiger partial charge in [0.15, 0.2) is 6.61 Å². The van der Waals surface area contributed by atoms with E-state index < -0.39 is 0 Å². The van der Waals surface area contributed by atoms with E-state index in [0.717, 1.165) is 5.76 Å². The van der Waals surface area contributed by atoms with Crippen molar-refractivity contribution in [2.45, 2.75) is 13.0 Å². The van der Waals surface area contributed by atoms with Crippen molar-refractivity contribution >= 4 is 5.91 Å². The molecule has 6 nitrogen and oxygen atoms in total. The van der Waals surface area contributed by atoms with Crippen LogP contribution in [0.5, 0.6) is 5.75 Å². The average Bonchev–Trinajstić information content (AvgIpc) is 3.09. The van der Waals surface area contributed by atoms with Gasteiger partial charge in [0.2, 0.25) is 0 Å². The number of ether oxygens (including phenoxy) is 2. The molecule has 2 aromatic rings. The van der Waals surface area contributed by atoms with Gasteiger partial charge in [-0.25, -0.2) is 0 Å². The van der Waals surface area contributed by atoms with Crippen molar-refractivity contribution < 1.29 is 18.7 Å². The van der Waals surface area contributed by atoms with E-state index in [0.29, 0.717) is 37.5 Å². The van der Waals surface area contributed by atoms with Crippen LogP contribution in [-0.4, -0.2) is 25.7 Å². The highest BCUT2D eigenvalue weighted by Gasteiger charge is 2.05. The van der Waals surface area contributed by atoms with Gasteiger partial charge in [-0.05, 0) is 30.7 Å². The molecule has 0 fully saturated rings. The molecule has 1 amide bonds. The molecule has 6 heteroatoms. The number of carbonyl (C=O) groups excluding carboxylic acids is 1. The van der Waals surface area contributed by atoms with E-state index in [1.54, 1.807) is 30.5 Å². The van der Waals surface area contributed by atoms with Crippen molar-refractivity contribution in [3.63, 3.8) is 0 Å². The Hall–Kier alpha value is -2.78. The number of carbonyl (C=O) groups is 1. The number of amides is 1. The molecule has 0 aliphatic rings. The molecule has 0 bridgehead atoms. The Morgan fingerprint density at radius 3 is 2.91 bits per heavy atom. The standard InChI is InChI=1S/C17H18N2O4/c18-11-14-5-1-2-7-16(14)23-13-17(20)19-8-4-9-21-12-15-6-3-10-22-15/h1-3,5-7,10H,4,8-9,12-13H2,(H,19,20). The molecule has 0 unspecified atom stereocenters. The first-order valence-corrected chi connectivity index (χ1v) is 7.28. The Labute approximate surface area is 134 Å². The molecule has 120 valence electrons. The van der Waals surface area contributed by atoms with Gasteiger partial charge in [0.1, 0.15) is 24.2 Å². The molecule has 0 radical (unpaired) electrons. The first-order valence-electron chi connectivity index (χ1n) is 7.28. The summed E-state index contributed by atoms with van der Waals surface area (Å²) in [6.07, 6.45) is 2.30. The Kier molecular flexibility index (Phi) is 6.69. The second kappa shape index (κ2) is 9.28. The van der Waals surface area contributed by atoms with E-state index in [1.165, 1.54) is 0 Å². The SMILES string of the molecule is N#Cc1ccccc1OCC(=O)NCCCOCc1ccco1. The van der Waals surface area contributed by atoms with E-state index in [-0.39, 0.29) is 12.5 Å². The molecular weight excluding hydrogens is 296 g/mol. The van der Waals surface area contributed by atoms with Crippen LogP contribution in [0.1, 0.15) is 17.7 Å². The van der Waals surface area contributed by atoms with Gasteiger partial charge in [-0.1, -0.05) is 12.1 Å². The highest BCUT2D eigenvalue weighted by atomic mass is 16.5. The van der Waals surface area contributed by atoms with E-state index in [4.69, 9.17) is 19.2 Å². The van der Waals surface area contributed by atoms with Crippen molar-refractivity contribution in [2.75, 3.05) is 19.8 Å². The van der Waals surface area contributed by atoms with Gasteiger partial charge in [0, 0.05) is 13.2 Å². The van der Waals surface area contributed by atoms with Gasteiger partial charge in [-0.15, -0.1) is 0 Å². The highest BCUT2D eigenvalue weighted by molar-refractivity contribution is 5.77. The molecule has 1 N–H and O–H groups in total. The summed E-state index contributed by atoms with van der Waals surface area (Å²) in [4.78, 5) is 11.7. The monoisotopic (exact) mass is 314 g/mol. The molecule has 0 aliphatic heterocycles. The third kappa shape index (κ3) is 5.85. The minimum atomic E-state index is -0.233. The van der Waals surface area contributed by atoms with Gasteiger partial charge >= 0.3 is 0 Å². The molecule has 0 saturated heterocycles. The van der Waals surface area contributed by atoms with Crippen LogP contribution in [0.25, 0.3) is 0 Å². The molecule has 0 spiro atoms. The normalized spacial score (nSPS) is 10.0. The maximum absolute atomic E-state index is 11.7. The third-order valence-corrected chi connectivity index (χ3v) is 2.98. The van der Waals surface area contributed by atoms with Gasteiger partial charge in [0.05, 0.1) is 11.8 Å². The lowest BCUT2D eigenvalue weighted by atomic mass is 10.2. The third-order valence-electron chi connectivity index (χ3n) is 2.98. The molecule has 1 heterocycles. The van der Waals surface area contributed by atoms with E-state index in [9.17, 15) is 4.79 Å². The average molecular weight is 314 g/mol. The van der Waals surface area contributed by atoms with Gasteiger partial charge in [-0.3, -0.25) is 4.79 Å². The number of benzene rings is 1. The van der Waals surface area contributed by atoms with E-state index in [2.05, 4.69) is 5.32 Å². The van der Waals surface area contributed by atoms with Crippen LogP contribution in [0.4, 0.5) is 0 Å². The second-order valence-corrected chi connectivity index (χ2v) is 4.73. The Balaban J connectivity index is 1.56. The summed E-state index contributed by atoms with van der Waals surface area (Å²) in [7, 11) is 0. The zero-order chi connectivity index (χ0) is 16.3. The zero-order valence-corrected chi connectivity index (χ0v) is 12.7. The molecule has 23 heavy (non-hydrogen) atoms. The number of nitrogens with zero attached hydrogens (tertiary/aromatic N) is 1. The van der Waals surface area contributed by atoms with Crippen molar-refractivity contribution in [3.8, 4) is 11.8 Å². The Morgan fingerprint density at radius 2 is 2.13 bits per heavy atom. The fraction of sp³-hybridized carbons (Fsp3) is 0.294. The molecule has 1 aromatic heterocycles. The molecule has 1 aromatic carbocycles. The first kappa shape index (κ1) is 16.6. The Morgan fingerprint density at radius 1 is 1.26 bits per heavy atom. The maximum Gasteiger partial charge on any atom is 0.257 e. The number of furan rings is 1. The minimum Gasteiger partial charge on any atom is -0.482 e. The maximum atomic E-state index is 11.7. The number of hydrogen-bond acceptors (Lipinski definition) is 5. The predicted octanol–water partition coefficient (Wildman–Crippen LogP) is 2.25. The first-order chi connectivity index (χ1) is 11.3. The smallest absolute Gasteiger partial charge is 0.257 e. The largest absolute Gasteiger partial charge is 0.482 e. The van der Waals surface area contributed by atoms with Crippen molar-refractivity contribution in [1.82, 2.24) is 5.32 Å². The zero-order valence-electron chi connectivity index (χ0n) is 12.7. The van der Waals surface area contributed by atoms with Gasteiger partial charge in [-0.2, -0.15) is 5.26 Å². The Bertz CT molecular complexity index is 647. The topological polar surface area (TPSA) is 84.5 Å². The number of hydrogen-bond donors (Lipinski definition) is 1. The highest BCUT2D eigenvalue weighted by Crippen LogP contribution is 2.16. The van der Waals surface area contributed by atoms with Crippen LogP contribution < -0.4 is 10.1 Å². The quantitative estimate of drug-likeness (QED) is 0.718. The molecule has 0 saturated carbocycles. The van der Waals surface area contributed by atoms with Crippen LogP contribution in [0, 0.1) is 11.3 Å². The summed E-state index contributed by atoms with van der Waals surface area (Å²) < 4.78 is 15.9. The van der Waals surface area contributed by atoms with Gasteiger partial charge < -0.3 is 19.2 Å². The molecule has 0 aliphatic carbocycles. The van der Waals surface area contributed by atoms with Crippen LogP contribution in [0.15, 0.2) is 47.1 Å². The van der Waals surface area contributed by atoms with Crippen LogP contribution in [0.2, 0.25) is 0 Å². The summed E-state index contributed by atoms with van der Waals surface area (Å²) >= 11 is 0. The number of nitriles is 1. The van der Waals surface area contributed by atoms with Gasteiger partial charge in [0.25, 0.3) is 5.91 Å². The number of nitrogens with one attached hydrogen (secondary N) is 1. The fourth-order valence-corrected chi connectivity index (χ4v) is 1.85. The second-order valence-electron chi connectivity index (χ2n) is 4.73. The lowest BCUT2D eigenvalue weighted by Crippen LogP contribution is -2.30. The van der Waals surface area contributed by atoms with Crippen molar-refractivity contribution in [2.24, 2.45) is 0 Å². The fourth-order valence-electron chi connectivity index (χ4n) is 1.85. The summed E-state index contributed by atoms with van der Waals surface area (Å²) in [5, 5.41) is 11.7. The van der Waals surface area contributed by atoms with E-state index >= 15 is 0 Å². The van der Waals surface area contributed by atoms with Crippen molar-refractivity contribution in [3.05, 3.63) is 54.0 Å². The van der Waals surface area contributed by atoms with E-state index in [1.807, 2.05) is 18.2 Å². The predicted molar refractivity (Wildman–Crippen MR) is 82.6 cm³/mol. The van der Waals surface area contributed by atoms with Crippen molar-refractivity contribution in [1.29, 1.82) is 5.26 Å². The summed E-state index contributed by atoms with van der Waals surface area (Å²) in [5.41, 5.74) is 0.409. The molecular formula is C17H18N2O4. The lowest BCUT2D eigenvalue weighted by Gasteiger charge is -2.08. The molecule has 0 atom stereocenters. The minimum absolute atomic E-state index is 0.119. The summed E-state index contributed by atoms with van der Waals surface area (Å²) in [6.45, 7) is 1.33. The number of rotatable bonds is 9. The number of para-hydroxylation sites is 1. The van der Waals surface area contributed by atoms with Crippen LogP contribution in [-0.2, 0) is 16.1 Å². The molecule has 2 rings (SSSR count). The lowest BCUT2D eigenvalue weighted by molar-refractivity contribution is -0.123. The summed E-state index contributed by atoms with van der Waals surface area (Å²) in [5.74, 6) is 0.953. The van der Waals surface area contributed by atoms with Crippen LogP contribution in [0.3, 0.4) is 0 Å². The van der Waals surface area contributed by atoms with Crippen LogP contribution >= 0.6 is 0 Å². The summed E-state index contributed by atoms with van der Waals surface area (Å²) in [6, 6.07) is 12.5.